The molecule has 1 aliphatic heterocycles. The number of amides is 1. The highest BCUT2D eigenvalue weighted by molar-refractivity contribution is 6.39. The molecule has 5 nitrogen and oxygen atoms in total. The van der Waals surface area contributed by atoms with E-state index in [1.54, 1.807) is 30.0 Å². The highest BCUT2D eigenvalue weighted by atomic mass is 35.5. The smallest absolute Gasteiger partial charge is 0.260 e. The molecule has 8 heteroatoms. The van der Waals surface area contributed by atoms with Gasteiger partial charge in [-0.1, -0.05) is 46.0 Å². The van der Waals surface area contributed by atoms with E-state index in [-0.39, 0.29) is 5.91 Å². The van der Waals surface area contributed by atoms with Crippen LogP contribution in [-0.4, -0.2) is 27.5 Å². The van der Waals surface area contributed by atoms with Gasteiger partial charge in [0.25, 0.3) is 5.91 Å². The quantitative estimate of drug-likeness (QED) is 0.382. The number of H-pyrrole nitrogens is 1. The maximum Gasteiger partial charge on any atom is 0.260 e. The second kappa shape index (κ2) is 7.34. The third-order valence-electron chi connectivity index (χ3n) is 5.49. The first-order chi connectivity index (χ1) is 14.4. The van der Waals surface area contributed by atoms with Crippen molar-refractivity contribution in [2.45, 2.75) is 19.9 Å². The Morgan fingerprint density at radius 3 is 2.70 bits per heavy atom. The summed E-state index contributed by atoms with van der Waals surface area (Å²) < 4.78 is 5.50. The Labute approximate surface area is 187 Å². The minimum absolute atomic E-state index is 0.165. The summed E-state index contributed by atoms with van der Waals surface area (Å²) in [6.45, 7) is 2.78. The van der Waals surface area contributed by atoms with Gasteiger partial charge in [-0.05, 0) is 49.2 Å². The minimum atomic E-state index is -0.165. The first kappa shape index (κ1) is 19.5. The zero-order valence-corrected chi connectivity index (χ0v) is 18.2. The molecule has 0 atom stereocenters. The van der Waals surface area contributed by atoms with Crippen LogP contribution in [0.4, 0.5) is 0 Å². The molecule has 0 saturated heterocycles. The van der Waals surface area contributed by atoms with Crippen molar-refractivity contribution in [3.05, 3.63) is 74.0 Å². The molecule has 30 heavy (non-hydrogen) atoms. The van der Waals surface area contributed by atoms with Crippen molar-refractivity contribution < 1.29 is 9.32 Å². The van der Waals surface area contributed by atoms with Gasteiger partial charge in [0.2, 0.25) is 0 Å². The monoisotopic (exact) mass is 459 g/mol. The van der Waals surface area contributed by atoms with Gasteiger partial charge in [-0.25, -0.2) is 0 Å². The van der Waals surface area contributed by atoms with E-state index in [0.717, 1.165) is 23.0 Å². The average Bonchev–Trinajstić information content (AvgIpc) is 3.27. The second-order valence-corrected chi connectivity index (χ2v) is 8.57. The van der Waals surface area contributed by atoms with E-state index in [9.17, 15) is 4.79 Å². The van der Waals surface area contributed by atoms with Crippen LogP contribution in [0.25, 0.3) is 22.2 Å². The van der Waals surface area contributed by atoms with Crippen molar-refractivity contribution in [3.8, 4) is 11.3 Å². The van der Waals surface area contributed by atoms with Crippen LogP contribution in [0.1, 0.15) is 27.3 Å². The summed E-state index contributed by atoms with van der Waals surface area (Å²) in [5.74, 6) is 0.129. The predicted molar refractivity (Wildman–Crippen MR) is 118 cm³/mol. The Morgan fingerprint density at radius 1 is 1.17 bits per heavy atom. The zero-order valence-electron chi connectivity index (χ0n) is 15.9. The predicted octanol–water partition coefficient (Wildman–Crippen LogP) is 6.29. The van der Waals surface area contributed by atoms with Gasteiger partial charge in [-0.2, -0.15) is 0 Å². The van der Waals surface area contributed by atoms with Crippen LogP contribution >= 0.6 is 34.8 Å². The van der Waals surface area contributed by atoms with Gasteiger partial charge in [-0.15, -0.1) is 0 Å². The van der Waals surface area contributed by atoms with Gasteiger partial charge in [0.05, 0.1) is 27.8 Å². The SMILES string of the molecule is Cc1noc(-c2c(Cl)cccc2Cl)c1C(=O)N1CCc2c([nH]c3ccc(Cl)cc23)C1. The highest BCUT2D eigenvalue weighted by Gasteiger charge is 2.31. The first-order valence-electron chi connectivity index (χ1n) is 9.43. The van der Waals surface area contributed by atoms with Gasteiger partial charge in [-0.3, -0.25) is 4.79 Å². The summed E-state index contributed by atoms with van der Waals surface area (Å²) in [4.78, 5) is 18.7. The van der Waals surface area contributed by atoms with Crippen molar-refractivity contribution in [1.82, 2.24) is 15.0 Å². The number of aryl methyl sites for hydroxylation is 1. The molecule has 0 radical (unpaired) electrons. The number of nitrogens with zero attached hydrogens (tertiary/aromatic N) is 2. The molecule has 0 bridgehead atoms. The number of nitrogens with one attached hydrogen (secondary N) is 1. The van der Waals surface area contributed by atoms with Crippen LogP contribution < -0.4 is 0 Å². The maximum absolute atomic E-state index is 13.5. The van der Waals surface area contributed by atoms with E-state index in [2.05, 4.69) is 10.1 Å². The largest absolute Gasteiger partial charge is 0.357 e. The molecular weight excluding hydrogens is 445 g/mol. The average molecular weight is 461 g/mol. The Hall–Kier alpha value is -2.47. The molecule has 2 aromatic carbocycles. The van der Waals surface area contributed by atoms with E-state index in [1.165, 1.54) is 5.56 Å². The van der Waals surface area contributed by atoms with Gasteiger partial charge in [0.1, 0.15) is 5.56 Å². The number of fused-ring (bicyclic) bond motifs is 3. The molecule has 0 fully saturated rings. The summed E-state index contributed by atoms with van der Waals surface area (Å²) in [5, 5.41) is 6.63. The zero-order chi connectivity index (χ0) is 21.0. The Morgan fingerprint density at radius 2 is 1.93 bits per heavy atom. The molecule has 1 aliphatic rings. The third kappa shape index (κ3) is 3.09. The van der Waals surface area contributed by atoms with E-state index in [1.807, 2.05) is 18.2 Å². The number of hydrogen-bond donors (Lipinski definition) is 1. The normalized spacial score (nSPS) is 13.7. The van der Waals surface area contributed by atoms with E-state index >= 15 is 0 Å². The molecule has 0 aliphatic carbocycles. The number of benzene rings is 2. The van der Waals surface area contributed by atoms with Crippen LogP contribution in [0.5, 0.6) is 0 Å². The molecular formula is C22H16Cl3N3O2. The van der Waals surface area contributed by atoms with Gasteiger partial charge in [0, 0.05) is 28.2 Å². The fourth-order valence-electron chi connectivity index (χ4n) is 4.05. The highest BCUT2D eigenvalue weighted by Crippen LogP contribution is 2.38. The lowest BCUT2D eigenvalue weighted by atomic mass is 10.0. The molecule has 1 N–H and O–H groups in total. The summed E-state index contributed by atoms with van der Waals surface area (Å²) in [6.07, 6.45) is 0.730. The Balaban J connectivity index is 1.53. The summed E-state index contributed by atoms with van der Waals surface area (Å²) in [5.41, 5.74) is 4.59. The van der Waals surface area contributed by atoms with Crippen LogP contribution in [0, 0.1) is 6.92 Å². The number of aromatic amines is 1. The molecule has 0 saturated carbocycles. The van der Waals surface area contributed by atoms with E-state index < -0.39 is 0 Å². The lowest BCUT2D eigenvalue weighted by Crippen LogP contribution is -2.36. The fraction of sp³-hybridized carbons (Fsp3) is 0.182. The topological polar surface area (TPSA) is 62.1 Å². The standard InChI is InChI=1S/C22H16Cl3N3O2/c1-11-19(21(30-27-11)20-15(24)3-2-4-16(20)25)22(29)28-8-7-13-14-9-12(23)5-6-17(14)26-18(13)10-28/h2-6,9,26H,7-8,10H2,1H3. The Kier molecular flexibility index (Phi) is 4.77. The third-order valence-corrected chi connectivity index (χ3v) is 6.36. The van der Waals surface area contributed by atoms with E-state index in [0.29, 0.717) is 50.7 Å². The number of halogens is 3. The molecule has 3 heterocycles. The molecule has 0 spiro atoms. The Bertz CT molecular complexity index is 1290. The molecule has 1 amide bonds. The van der Waals surface area contributed by atoms with Crippen LogP contribution in [-0.2, 0) is 13.0 Å². The molecule has 4 aromatic rings. The van der Waals surface area contributed by atoms with Crippen LogP contribution in [0.3, 0.4) is 0 Å². The number of rotatable bonds is 2. The fourth-order valence-corrected chi connectivity index (χ4v) is 4.79. The molecule has 0 unspecified atom stereocenters. The number of aromatic nitrogens is 2. The van der Waals surface area contributed by atoms with Crippen LogP contribution in [0.2, 0.25) is 15.1 Å². The lowest BCUT2D eigenvalue weighted by Gasteiger charge is -2.27. The number of hydrogen-bond acceptors (Lipinski definition) is 3. The van der Waals surface area contributed by atoms with Crippen molar-refractivity contribution in [1.29, 1.82) is 0 Å². The maximum atomic E-state index is 13.5. The van der Waals surface area contributed by atoms with Crippen LogP contribution in [0.15, 0.2) is 40.9 Å². The lowest BCUT2D eigenvalue weighted by molar-refractivity contribution is 0.0732. The summed E-state index contributed by atoms with van der Waals surface area (Å²) >= 11 is 18.9. The van der Waals surface area contributed by atoms with Crippen molar-refractivity contribution in [3.63, 3.8) is 0 Å². The van der Waals surface area contributed by atoms with Crippen molar-refractivity contribution >= 4 is 51.6 Å². The summed E-state index contributed by atoms with van der Waals surface area (Å²) in [7, 11) is 0. The van der Waals surface area contributed by atoms with Gasteiger partial charge in [0.15, 0.2) is 5.76 Å². The van der Waals surface area contributed by atoms with Crippen molar-refractivity contribution in [2.24, 2.45) is 0 Å². The van der Waals surface area contributed by atoms with E-state index in [4.69, 9.17) is 39.3 Å². The van der Waals surface area contributed by atoms with Gasteiger partial charge >= 0.3 is 0 Å². The van der Waals surface area contributed by atoms with Gasteiger partial charge < -0.3 is 14.4 Å². The summed E-state index contributed by atoms with van der Waals surface area (Å²) in [6, 6.07) is 10.9. The molecule has 5 rings (SSSR count). The first-order valence-corrected chi connectivity index (χ1v) is 10.6. The minimum Gasteiger partial charge on any atom is -0.357 e. The number of carbonyl (C=O) groups excluding carboxylic acids is 1. The second-order valence-electron chi connectivity index (χ2n) is 7.32. The molecule has 2 aromatic heterocycles. The van der Waals surface area contributed by atoms with Crippen molar-refractivity contribution in [2.75, 3.05) is 6.54 Å². The number of carbonyl (C=O) groups is 1. The molecule has 152 valence electrons.